The molecule has 0 amide bonds. The first-order chi connectivity index (χ1) is 10.2. The SMILES string of the molecule is CN=C(NCCCN(C)CCOC)NCc1ncc(C)s1. The van der Waals surface area contributed by atoms with Crippen LogP contribution in [0.4, 0.5) is 0 Å². The lowest BCUT2D eigenvalue weighted by Gasteiger charge is -2.16. The summed E-state index contributed by atoms with van der Waals surface area (Å²) in [7, 11) is 5.62. The quantitative estimate of drug-likeness (QED) is 0.406. The first kappa shape index (κ1) is 17.9. The predicted molar refractivity (Wildman–Crippen MR) is 89.0 cm³/mol. The summed E-state index contributed by atoms with van der Waals surface area (Å²) < 4.78 is 5.06. The Morgan fingerprint density at radius 2 is 2.24 bits per heavy atom. The van der Waals surface area contributed by atoms with Crippen molar-refractivity contribution in [3.05, 3.63) is 16.1 Å². The molecule has 0 saturated heterocycles. The van der Waals surface area contributed by atoms with Crippen LogP contribution in [0.25, 0.3) is 0 Å². The van der Waals surface area contributed by atoms with Crippen LogP contribution in [0, 0.1) is 6.92 Å². The molecule has 1 aromatic rings. The Balaban J connectivity index is 2.14. The standard InChI is InChI=1S/C14H27N5OS/c1-12-10-17-13(21-12)11-18-14(15-2)16-6-5-7-19(3)8-9-20-4/h10H,5-9,11H2,1-4H3,(H2,15,16,18). The second-order valence-electron chi connectivity index (χ2n) is 4.87. The van der Waals surface area contributed by atoms with E-state index in [1.54, 1.807) is 25.5 Å². The van der Waals surface area contributed by atoms with Gasteiger partial charge in [-0.15, -0.1) is 11.3 Å². The van der Waals surface area contributed by atoms with Crippen molar-refractivity contribution in [3.63, 3.8) is 0 Å². The number of ether oxygens (including phenoxy) is 1. The fourth-order valence-corrected chi connectivity index (χ4v) is 2.50. The summed E-state index contributed by atoms with van der Waals surface area (Å²) in [5, 5.41) is 7.67. The summed E-state index contributed by atoms with van der Waals surface area (Å²) in [6.07, 6.45) is 2.96. The minimum atomic E-state index is 0.714. The van der Waals surface area contributed by atoms with E-state index in [-0.39, 0.29) is 0 Å². The van der Waals surface area contributed by atoms with Crippen molar-refractivity contribution in [2.45, 2.75) is 19.9 Å². The normalized spacial score (nSPS) is 12.0. The van der Waals surface area contributed by atoms with Crippen LogP contribution in [-0.4, -0.2) is 63.3 Å². The Labute approximate surface area is 131 Å². The number of hydrogen-bond donors (Lipinski definition) is 2. The molecule has 0 radical (unpaired) electrons. The van der Waals surface area contributed by atoms with Crippen molar-refractivity contribution >= 4 is 17.3 Å². The third-order valence-corrected chi connectivity index (χ3v) is 3.90. The zero-order chi connectivity index (χ0) is 15.5. The van der Waals surface area contributed by atoms with E-state index < -0.39 is 0 Å². The van der Waals surface area contributed by atoms with Crippen LogP contribution in [0.15, 0.2) is 11.2 Å². The van der Waals surface area contributed by atoms with E-state index in [0.29, 0.717) is 6.54 Å². The molecule has 0 atom stereocenters. The second kappa shape index (κ2) is 10.5. The van der Waals surface area contributed by atoms with E-state index in [1.807, 2.05) is 6.20 Å². The highest BCUT2D eigenvalue weighted by molar-refractivity contribution is 7.11. The third kappa shape index (κ3) is 7.99. The number of guanidine groups is 1. The number of thiazole rings is 1. The first-order valence-electron chi connectivity index (χ1n) is 7.19. The number of nitrogens with zero attached hydrogens (tertiary/aromatic N) is 3. The average molecular weight is 313 g/mol. The molecule has 0 saturated carbocycles. The average Bonchev–Trinajstić information content (AvgIpc) is 2.90. The largest absolute Gasteiger partial charge is 0.383 e. The van der Waals surface area contributed by atoms with Crippen molar-refractivity contribution in [3.8, 4) is 0 Å². The van der Waals surface area contributed by atoms with Crippen LogP contribution in [0.2, 0.25) is 0 Å². The zero-order valence-electron chi connectivity index (χ0n) is 13.5. The molecule has 7 heteroatoms. The van der Waals surface area contributed by atoms with Crippen molar-refractivity contribution in [2.24, 2.45) is 4.99 Å². The minimum Gasteiger partial charge on any atom is -0.383 e. The van der Waals surface area contributed by atoms with E-state index in [9.17, 15) is 0 Å². The van der Waals surface area contributed by atoms with Gasteiger partial charge in [-0.2, -0.15) is 0 Å². The van der Waals surface area contributed by atoms with Crippen LogP contribution in [-0.2, 0) is 11.3 Å². The summed E-state index contributed by atoms with van der Waals surface area (Å²) in [5.74, 6) is 0.822. The molecular weight excluding hydrogens is 286 g/mol. The van der Waals surface area contributed by atoms with Crippen molar-refractivity contribution in [1.82, 2.24) is 20.5 Å². The number of likely N-dealkylation sites (N-methyl/N-ethyl adjacent to an activating group) is 1. The fraction of sp³-hybridized carbons (Fsp3) is 0.714. The highest BCUT2D eigenvalue weighted by atomic mass is 32.1. The summed E-state index contributed by atoms with van der Waals surface area (Å²) in [6.45, 7) is 6.46. The van der Waals surface area contributed by atoms with Gasteiger partial charge in [-0.05, 0) is 26.9 Å². The maximum absolute atomic E-state index is 5.06. The summed E-state index contributed by atoms with van der Waals surface area (Å²) in [5.41, 5.74) is 0. The number of rotatable bonds is 9. The lowest BCUT2D eigenvalue weighted by molar-refractivity contribution is 0.161. The third-order valence-electron chi connectivity index (χ3n) is 2.99. The lowest BCUT2D eigenvalue weighted by atomic mass is 10.4. The van der Waals surface area contributed by atoms with Gasteiger partial charge in [-0.3, -0.25) is 4.99 Å². The molecule has 21 heavy (non-hydrogen) atoms. The Morgan fingerprint density at radius 1 is 1.43 bits per heavy atom. The zero-order valence-corrected chi connectivity index (χ0v) is 14.3. The van der Waals surface area contributed by atoms with Crippen molar-refractivity contribution in [1.29, 1.82) is 0 Å². The number of methoxy groups -OCH3 is 1. The smallest absolute Gasteiger partial charge is 0.191 e. The van der Waals surface area contributed by atoms with Gasteiger partial charge in [0.1, 0.15) is 5.01 Å². The monoisotopic (exact) mass is 313 g/mol. The van der Waals surface area contributed by atoms with Crippen LogP contribution >= 0.6 is 11.3 Å². The highest BCUT2D eigenvalue weighted by Crippen LogP contribution is 2.10. The molecule has 1 rings (SSSR count). The topological polar surface area (TPSA) is 61.8 Å². The van der Waals surface area contributed by atoms with E-state index in [2.05, 4.69) is 39.5 Å². The Bertz CT molecular complexity index is 421. The van der Waals surface area contributed by atoms with Gasteiger partial charge in [0.05, 0.1) is 13.2 Å². The van der Waals surface area contributed by atoms with Gasteiger partial charge >= 0.3 is 0 Å². The molecule has 2 N–H and O–H groups in total. The number of aliphatic imine (C=N–C) groups is 1. The van der Waals surface area contributed by atoms with E-state index in [4.69, 9.17) is 4.74 Å². The summed E-state index contributed by atoms with van der Waals surface area (Å²) in [6, 6.07) is 0. The molecule has 0 aliphatic heterocycles. The Kier molecular flexibility index (Phi) is 8.96. The van der Waals surface area contributed by atoms with Gasteiger partial charge in [-0.1, -0.05) is 0 Å². The highest BCUT2D eigenvalue weighted by Gasteiger charge is 2.02. The Morgan fingerprint density at radius 3 is 2.86 bits per heavy atom. The van der Waals surface area contributed by atoms with Crippen LogP contribution < -0.4 is 10.6 Å². The van der Waals surface area contributed by atoms with Gasteiger partial charge in [-0.25, -0.2) is 4.98 Å². The molecule has 0 aliphatic rings. The van der Waals surface area contributed by atoms with E-state index >= 15 is 0 Å². The van der Waals surface area contributed by atoms with E-state index in [1.165, 1.54) is 4.88 Å². The number of aryl methyl sites for hydroxylation is 1. The van der Waals surface area contributed by atoms with Crippen LogP contribution in [0.1, 0.15) is 16.3 Å². The van der Waals surface area contributed by atoms with Crippen LogP contribution in [0.3, 0.4) is 0 Å². The Hall–Kier alpha value is -1.18. The van der Waals surface area contributed by atoms with Gasteiger partial charge in [0.2, 0.25) is 0 Å². The van der Waals surface area contributed by atoms with Crippen molar-refractivity contribution in [2.75, 3.05) is 47.4 Å². The maximum Gasteiger partial charge on any atom is 0.191 e. The van der Waals surface area contributed by atoms with E-state index in [0.717, 1.165) is 43.6 Å². The maximum atomic E-state index is 5.06. The van der Waals surface area contributed by atoms with Gasteiger partial charge < -0.3 is 20.3 Å². The molecular formula is C14H27N5OS. The first-order valence-corrected chi connectivity index (χ1v) is 8.00. The predicted octanol–water partition coefficient (Wildman–Crippen LogP) is 1.08. The molecule has 0 bridgehead atoms. The molecule has 0 unspecified atom stereocenters. The minimum absolute atomic E-state index is 0.714. The molecule has 1 aromatic heterocycles. The number of aromatic nitrogens is 1. The molecule has 0 aliphatic carbocycles. The number of nitrogens with one attached hydrogen (secondary N) is 2. The molecule has 0 spiro atoms. The molecule has 0 fully saturated rings. The molecule has 6 nitrogen and oxygen atoms in total. The van der Waals surface area contributed by atoms with Gasteiger partial charge in [0.15, 0.2) is 5.96 Å². The lowest BCUT2D eigenvalue weighted by Crippen LogP contribution is -2.38. The van der Waals surface area contributed by atoms with Crippen molar-refractivity contribution < 1.29 is 4.74 Å². The van der Waals surface area contributed by atoms with Crippen LogP contribution in [0.5, 0.6) is 0 Å². The summed E-state index contributed by atoms with van der Waals surface area (Å²) in [4.78, 5) is 12.0. The fourth-order valence-electron chi connectivity index (χ4n) is 1.78. The summed E-state index contributed by atoms with van der Waals surface area (Å²) >= 11 is 1.71. The molecule has 0 aromatic carbocycles. The number of hydrogen-bond acceptors (Lipinski definition) is 5. The van der Waals surface area contributed by atoms with Gasteiger partial charge in [0, 0.05) is 38.3 Å². The second-order valence-corrected chi connectivity index (χ2v) is 6.19. The molecule has 1 heterocycles. The van der Waals surface area contributed by atoms with Gasteiger partial charge in [0.25, 0.3) is 0 Å². The molecule has 120 valence electrons.